The van der Waals surface area contributed by atoms with E-state index in [0.29, 0.717) is 6.04 Å². The average molecular weight is 225 g/mol. The summed E-state index contributed by atoms with van der Waals surface area (Å²) in [4.78, 5) is 2.62. The van der Waals surface area contributed by atoms with Crippen LogP contribution in [0.4, 0.5) is 0 Å². The van der Waals surface area contributed by atoms with Gasteiger partial charge in [0.15, 0.2) is 0 Å². The van der Waals surface area contributed by atoms with E-state index in [0.717, 1.165) is 12.1 Å². The Kier molecular flexibility index (Phi) is 4.62. The van der Waals surface area contributed by atoms with Crippen LogP contribution in [0.2, 0.25) is 0 Å². The van der Waals surface area contributed by atoms with Crippen molar-refractivity contribution in [2.75, 3.05) is 19.6 Å². The van der Waals surface area contributed by atoms with Crippen LogP contribution in [0.1, 0.15) is 45.4 Å². The Balaban J connectivity index is 1.58. The molecule has 0 aromatic carbocycles. The van der Waals surface area contributed by atoms with Crippen molar-refractivity contribution in [3.8, 4) is 0 Å². The molecule has 0 aromatic heterocycles. The second-order valence-corrected chi connectivity index (χ2v) is 5.56. The van der Waals surface area contributed by atoms with Crippen molar-refractivity contribution >= 4 is 0 Å². The van der Waals surface area contributed by atoms with E-state index in [1.54, 1.807) is 0 Å². The predicted molar refractivity (Wildman–Crippen MR) is 68.5 cm³/mol. The van der Waals surface area contributed by atoms with Crippen molar-refractivity contribution in [2.24, 2.45) is 5.73 Å². The number of piperidine rings is 1. The molecule has 0 atom stereocenters. The molecule has 0 bridgehead atoms. The smallest absolute Gasteiger partial charge is 0.00991 e. The van der Waals surface area contributed by atoms with Crippen molar-refractivity contribution in [1.82, 2.24) is 10.2 Å². The molecule has 1 saturated carbocycles. The van der Waals surface area contributed by atoms with Gasteiger partial charge in [0.1, 0.15) is 0 Å². The van der Waals surface area contributed by atoms with Crippen LogP contribution < -0.4 is 11.1 Å². The minimum atomic E-state index is 0.474. The molecule has 0 radical (unpaired) electrons. The van der Waals surface area contributed by atoms with Crippen molar-refractivity contribution in [2.45, 2.75) is 63.6 Å². The zero-order chi connectivity index (χ0) is 11.4. The highest BCUT2D eigenvalue weighted by atomic mass is 15.1. The summed E-state index contributed by atoms with van der Waals surface area (Å²) in [5.74, 6) is 0. The molecule has 0 aromatic rings. The summed E-state index contributed by atoms with van der Waals surface area (Å²) in [5.41, 5.74) is 5.80. The Morgan fingerprint density at radius 2 is 1.88 bits per heavy atom. The molecule has 1 saturated heterocycles. The van der Waals surface area contributed by atoms with Gasteiger partial charge >= 0.3 is 0 Å². The van der Waals surface area contributed by atoms with E-state index in [1.807, 2.05) is 0 Å². The quantitative estimate of drug-likeness (QED) is 0.742. The number of hydrogen-bond acceptors (Lipinski definition) is 3. The lowest BCUT2D eigenvalue weighted by molar-refractivity contribution is 0.170. The molecule has 1 heterocycles. The minimum absolute atomic E-state index is 0.474. The molecule has 3 heteroatoms. The van der Waals surface area contributed by atoms with Gasteiger partial charge in [-0.15, -0.1) is 0 Å². The molecule has 3 N–H and O–H groups in total. The monoisotopic (exact) mass is 225 g/mol. The summed E-state index contributed by atoms with van der Waals surface area (Å²) in [6, 6.07) is 1.96. The molecule has 94 valence electrons. The van der Waals surface area contributed by atoms with Crippen LogP contribution in [0.5, 0.6) is 0 Å². The molecule has 2 rings (SSSR count). The Bertz CT molecular complexity index is 193. The molecule has 0 spiro atoms. The Hall–Kier alpha value is -0.120. The molecule has 16 heavy (non-hydrogen) atoms. The molecule has 0 unspecified atom stereocenters. The largest absolute Gasteiger partial charge is 0.328 e. The average Bonchev–Trinajstić information content (AvgIpc) is 2.26. The molecular formula is C13H27N3. The summed E-state index contributed by atoms with van der Waals surface area (Å²) < 4.78 is 0. The van der Waals surface area contributed by atoms with Gasteiger partial charge in [-0.05, 0) is 51.7 Å². The standard InChI is InChI=1S/C13H27N3/c1-2-3-6-16-7-4-12(5-8-16)15-13-9-11(14)10-13/h11-13,15H,2-10,14H2,1H3. The molecule has 2 fully saturated rings. The van der Waals surface area contributed by atoms with E-state index in [-0.39, 0.29) is 0 Å². The third-order valence-corrected chi connectivity index (χ3v) is 4.06. The van der Waals surface area contributed by atoms with Crippen LogP contribution >= 0.6 is 0 Å². The van der Waals surface area contributed by atoms with Gasteiger partial charge in [0.2, 0.25) is 0 Å². The number of rotatable bonds is 5. The Morgan fingerprint density at radius 1 is 1.19 bits per heavy atom. The SMILES string of the molecule is CCCCN1CCC(NC2CC(N)C2)CC1. The number of nitrogens with one attached hydrogen (secondary N) is 1. The van der Waals surface area contributed by atoms with Gasteiger partial charge in [-0.1, -0.05) is 13.3 Å². The molecular weight excluding hydrogens is 198 g/mol. The zero-order valence-electron chi connectivity index (χ0n) is 10.6. The van der Waals surface area contributed by atoms with E-state index in [4.69, 9.17) is 5.73 Å². The number of nitrogens with two attached hydrogens (primary N) is 1. The van der Waals surface area contributed by atoms with Gasteiger partial charge in [0.05, 0.1) is 0 Å². The van der Waals surface area contributed by atoms with Crippen LogP contribution in [-0.2, 0) is 0 Å². The fourth-order valence-electron chi connectivity index (χ4n) is 2.84. The fraction of sp³-hybridized carbons (Fsp3) is 1.00. The lowest BCUT2D eigenvalue weighted by atomic mass is 9.86. The van der Waals surface area contributed by atoms with Crippen molar-refractivity contribution in [1.29, 1.82) is 0 Å². The van der Waals surface area contributed by atoms with E-state index >= 15 is 0 Å². The second kappa shape index (κ2) is 5.99. The highest BCUT2D eigenvalue weighted by molar-refractivity contribution is 4.91. The van der Waals surface area contributed by atoms with E-state index in [9.17, 15) is 0 Å². The highest BCUT2D eigenvalue weighted by Crippen LogP contribution is 2.20. The van der Waals surface area contributed by atoms with Crippen molar-refractivity contribution < 1.29 is 0 Å². The summed E-state index contributed by atoms with van der Waals surface area (Å²) in [5, 5.41) is 3.76. The first-order chi connectivity index (χ1) is 7.78. The van der Waals surface area contributed by atoms with Gasteiger partial charge in [-0.2, -0.15) is 0 Å². The summed E-state index contributed by atoms with van der Waals surface area (Å²) >= 11 is 0. The number of unbranched alkanes of at least 4 members (excludes halogenated alkanes) is 1. The maximum Gasteiger partial charge on any atom is 0.00991 e. The molecule has 3 nitrogen and oxygen atoms in total. The normalized spacial score (nSPS) is 32.6. The molecule has 1 aliphatic heterocycles. The summed E-state index contributed by atoms with van der Waals surface area (Å²) in [6.45, 7) is 6.15. The first-order valence-electron chi connectivity index (χ1n) is 7.02. The van der Waals surface area contributed by atoms with Crippen LogP contribution in [0, 0.1) is 0 Å². The highest BCUT2D eigenvalue weighted by Gasteiger charge is 2.28. The first-order valence-corrected chi connectivity index (χ1v) is 7.02. The topological polar surface area (TPSA) is 41.3 Å². The van der Waals surface area contributed by atoms with E-state index in [2.05, 4.69) is 17.1 Å². The summed E-state index contributed by atoms with van der Waals surface area (Å²) in [6.07, 6.45) is 7.71. The van der Waals surface area contributed by atoms with Crippen LogP contribution in [0.15, 0.2) is 0 Å². The first kappa shape index (κ1) is 12.3. The zero-order valence-corrected chi connectivity index (χ0v) is 10.6. The predicted octanol–water partition coefficient (Wildman–Crippen LogP) is 1.33. The fourth-order valence-corrected chi connectivity index (χ4v) is 2.84. The van der Waals surface area contributed by atoms with Crippen LogP contribution in [0.25, 0.3) is 0 Å². The van der Waals surface area contributed by atoms with Crippen LogP contribution in [-0.4, -0.2) is 42.7 Å². The molecule has 1 aliphatic carbocycles. The molecule has 0 amide bonds. The Morgan fingerprint density at radius 3 is 2.44 bits per heavy atom. The maximum atomic E-state index is 5.80. The third-order valence-electron chi connectivity index (χ3n) is 4.06. The molecule has 2 aliphatic rings. The van der Waals surface area contributed by atoms with Crippen molar-refractivity contribution in [3.63, 3.8) is 0 Å². The van der Waals surface area contributed by atoms with Gasteiger partial charge in [0, 0.05) is 18.1 Å². The van der Waals surface area contributed by atoms with E-state index < -0.39 is 0 Å². The number of hydrogen-bond donors (Lipinski definition) is 2. The lowest BCUT2D eigenvalue weighted by Gasteiger charge is -2.39. The van der Waals surface area contributed by atoms with Crippen LogP contribution in [0.3, 0.4) is 0 Å². The second-order valence-electron chi connectivity index (χ2n) is 5.56. The Labute approximate surface area is 99.8 Å². The van der Waals surface area contributed by atoms with Crippen molar-refractivity contribution in [3.05, 3.63) is 0 Å². The third kappa shape index (κ3) is 3.44. The number of likely N-dealkylation sites (tertiary alicyclic amines) is 1. The lowest BCUT2D eigenvalue weighted by Crippen LogP contribution is -2.54. The van der Waals surface area contributed by atoms with Gasteiger partial charge < -0.3 is 16.0 Å². The van der Waals surface area contributed by atoms with Gasteiger partial charge in [-0.3, -0.25) is 0 Å². The maximum absolute atomic E-state index is 5.80. The minimum Gasteiger partial charge on any atom is -0.328 e. The summed E-state index contributed by atoms with van der Waals surface area (Å²) in [7, 11) is 0. The number of nitrogens with zero attached hydrogens (tertiary/aromatic N) is 1. The van der Waals surface area contributed by atoms with E-state index in [1.165, 1.54) is 58.2 Å². The van der Waals surface area contributed by atoms with Gasteiger partial charge in [0.25, 0.3) is 0 Å². The van der Waals surface area contributed by atoms with Gasteiger partial charge in [-0.25, -0.2) is 0 Å².